The van der Waals surface area contributed by atoms with Gasteiger partial charge in [0.1, 0.15) is 5.75 Å². The molecule has 1 aromatic carbocycles. The van der Waals surface area contributed by atoms with E-state index in [9.17, 15) is 0 Å². The molecule has 0 fully saturated rings. The lowest BCUT2D eigenvalue weighted by atomic mass is 10.1. The van der Waals surface area contributed by atoms with E-state index in [1.165, 1.54) is 7.11 Å². The number of methoxy groups -OCH3 is 1. The largest absolute Gasteiger partial charge is 0.495 e. The highest BCUT2D eigenvalue weighted by Crippen LogP contribution is 2.34. The molecule has 0 aromatic heterocycles. The van der Waals surface area contributed by atoms with Crippen LogP contribution in [0.2, 0.25) is 10.0 Å². The molecule has 1 atom stereocenters. The number of halogens is 2. The summed E-state index contributed by atoms with van der Waals surface area (Å²) in [5.74, 6) is 0.536. The first-order valence-corrected chi connectivity index (χ1v) is 4.84. The molecule has 0 saturated carbocycles. The monoisotopic (exact) mass is 234 g/mol. The molecule has 3 nitrogen and oxygen atoms in total. The van der Waals surface area contributed by atoms with Crippen LogP contribution in [-0.2, 0) is 0 Å². The van der Waals surface area contributed by atoms with Crippen molar-refractivity contribution >= 4 is 23.2 Å². The summed E-state index contributed by atoms with van der Waals surface area (Å²) in [4.78, 5) is 0. The molecule has 5 heteroatoms. The molecule has 0 aliphatic heterocycles. The Kier molecular flexibility index (Phi) is 4.01. The highest BCUT2D eigenvalue weighted by Gasteiger charge is 2.14. The van der Waals surface area contributed by atoms with Gasteiger partial charge < -0.3 is 16.2 Å². The van der Waals surface area contributed by atoms with Crippen LogP contribution < -0.4 is 16.2 Å². The summed E-state index contributed by atoms with van der Waals surface area (Å²) in [5, 5.41) is 0.966. The van der Waals surface area contributed by atoms with Crippen molar-refractivity contribution in [2.24, 2.45) is 11.5 Å². The molecule has 78 valence electrons. The lowest BCUT2D eigenvalue weighted by molar-refractivity contribution is 0.406. The van der Waals surface area contributed by atoms with Crippen LogP contribution in [0.5, 0.6) is 5.75 Å². The first-order valence-electron chi connectivity index (χ1n) is 4.08. The highest BCUT2D eigenvalue weighted by atomic mass is 35.5. The van der Waals surface area contributed by atoms with Gasteiger partial charge in [0.05, 0.1) is 12.1 Å². The molecule has 0 bridgehead atoms. The van der Waals surface area contributed by atoms with Crippen molar-refractivity contribution in [3.05, 3.63) is 27.7 Å². The van der Waals surface area contributed by atoms with Crippen LogP contribution in [0.1, 0.15) is 11.6 Å². The topological polar surface area (TPSA) is 61.3 Å². The molecule has 0 heterocycles. The average molecular weight is 235 g/mol. The third-order valence-electron chi connectivity index (χ3n) is 1.89. The molecule has 0 spiro atoms. The standard InChI is InChI=1S/C9H12Cl2N2O/c1-14-9-6(8(13)4-12)2-5(10)3-7(9)11/h2-3,8H,4,12-13H2,1H3/t8-/m1/s1. The van der Waals surface area contributed by atoms with Gasteiger partial charge in [-0.2, -0.15) is 0 Å². The first kappa shape index (κ1) is 11.6. The predicted octanol–water partition coefficient (Wildman–Crippen LogP) is 1.96. The van der Waals surface area contributed by atoms with Gasteiger partial charge in [-0.1, -0.05) is 23.2 Å². The minimum absolute atomic E-state index is 0.313. The van der Waals surface area contributed by atoms with Crippen molar-refractivity contribution in [1.82, 2.24) is 0 Å². The van der Waals surface area contributed by atoms with E-state index in [0.29, 0.717) is 22.3 Å². The number of nitrogens with two attached hydrogens (primary N) is 2. The number of rotatable bonds is 3. The van der Waals surface area contributed by atoms with Crippen molar-refractivity contribution in [1.29, 1.82) is 0 Å². The minimum atomic E-state index is -0.318. The quantitative estimate of drug-likeness (QED) is 0.841. The van der Waals surface area contributed by atoms with Gasteiger partial charge in [0.2, 0.25) is 0 Å². The van der Waals surface area contributed by atoms with Crippen LogP contribution in [0.25, 0.3) is 0 Å². The van der Waals surface area contributed by atoms with Gasteiger partial charge in [-0.3, -0.25) is 0 Å². The first-order chi connectivity index (χ1) is 6.60. The zero-order valence-corrected chi connectivity index (χ0v) is 9.27. The van der Waals surface area contributed by atoms with Crippen molar-refractivity contribution < 1.29 is 4.74 Å². The summed E-state index contributed by atoms with van der Waals surface area (Å²) in [6.45, 7) is 0.313. The Hall–Kier alpha value is -0.480. The lowest BCUT2D eigenvalue weighted by Gasteiger charge is -2.15. The fourth-order valence-electron chi connectivity index (χ4n) is 1.20. The molecular weight excluding hydrogens is 223 g/mol. The predicted molar refractivity (Wildman–Crippen MR) is 59.0 cm³/mol. The Morgan fingerprint density at radius 1 is 1.43 bits per heavy atom. The van der Waals surface area contributed by atoms with Gasteiger partial charge in [-0.15, -0.1) is 0 Å². The number of hydrogen-bond acceptors (Lipinski definition) is 3. The van der Waals surface area contributed by atoms with E-state index in [0.717, 1.165) is 5.56 Å². The van der Waals surface area contributed by atoms with Gasteiger partial charge in [-0.05, 0) is 12.1 Å². The van der Waals surface area contributed by atoms with Gasteiger partial charge in [0.25, 0.3) is 0 Å². The Bertz CT molecular complexity index is 331. The van der Waals surface area contributed by atoms with Crippen LogP contribution in [0.4, 0.5) is 0 Å². The fraction of sp³-hybridized carbons (Fsp3) is 0.333. The molecule has 0 unspecified atom stereocenters. The van der Waals surface area contributed by atoms with Gasteiger partial charge in [0.15, 0.2) is 0 Å². The molecule has 0 aliphatic carbocycles. The summed E-state index contributed by atoms with van der Waals surface area (Å²) in [7, 11) is 1.53. The maximum absolute atomic E-state index is 5.93. The van der Waals surface area contributed by atoms with Crippen LogP contribution in [-0.4, -0.2) is 13.7 Å². The fourth-order valence-corrected chi connectivity index (χ4v) is 1.78. The molecular formula is C9H12Cl2N2O. The molecule has 0 saturated heterocycles. The second-order valence-corrected chi connectivity index (χ2v) is 3.70. The Labute approximate surface area is 92.9 Å². The molecule has 0 amide bonds. The smallest absolute Gasteiger partial charge is 0.142 e. The van der Waals surface area contributed by atoms with E-state index in [-0.39, 0.29) is 6.04 Å². The van der Waals surface area contributed by atoms with E-state index in [2.05, 4.69) is 0 Å². The van der Waals surface area contributed by atoms with Crippen molar-refractivity contribution in [3.63, 3.8) is 0 Å². The van der Waals surface area contributed by atoms with Gasteiger partial charge in [-0.25, -0.2) is 0 Å². The van der Waals surface area contributed by atoms with Crippen LogP contribution in [0.3, 0.4) is 0 Å². The molecule has 0 radical (unpaired) electrons. The Morgan fingerprint density at radius 2 is 2.07 bits per heavy atom. The Morgan fingerprint density at radius 3 is 2.57 bits per heavy atom. The lowest BCUT2D eigenvalue weighted by Crippen LogP contribution is -2.21. The van der Waals surface area contributed by atoms with E-state index in [4.69, 9.17) is 39.4 Å². The number of ether oxygens (including phenoxy) is 1. The average Bonchev–Trinajstić information content (AvgIpc) is 2.15. The van der Waals surface area contributed by atoms with Gasteiger partial charge in [0, 0.05) is 23.2 Å². The van der Waals surface area contributed by atoms with Crippen LogP contribution in [0, 0.1) is 0 Å². The second-order valence-electron chi connectivity index (χ2n) is 2.85. The third kappa shape index (κ3) is 2.30. The number of benzene rings is 1. The summed E-state index contributed by atoms with van der Waals surface area (Å²) >= 11 is 11.8. The molecule has 1 rings (SSSR count). The number of hydrogen-bond donors (Lipinski definition) is 2. The zero-order valence-electron chi connectivity index (χ0n) is 7.76. The van der Waals surface area contributed by atoms with E-state index < -0.39 is 0 Å². The SMILES string of the molecule is COc1c(Cl)cc(Cl)cc1[C@H](N)CN. The summed E-state index contributed by atoms with van der Waals surface area (Å²) in [5.41, 5.74) is 12.0. The zero-order chi connectivity index (χ0) is 10.7. The maximum atomic E-state index is 5.93. The summed E-state index contributed by atoms with van der Waals surface area (Å²) < 4.78 is 5.13. The van der Waals surface area contributed by atoms with E-state index in [1.807, 2.05) is 0 Å². The third-order valence-corrected chi connectivity index (χ3v) is 2.39. The van der Waals surface area contributed by atoms with E-state index >= 15 is 0 Å². The van der Waals surface area contributed by atoms with Crippen LogP contribution >= 0.6 is 23.2 Å². The summed E-state index contributed by atoms with van der Waals surface area (Å²) in [6.07, 6.45) is 0. The second kappa shape index (κ2) is 4.84. The normalized spacial score (nSPS) is 12.6. The van der Waals surface area contributed by atoms with Gasteiger partial charge >= 0.3 is 0 Å². The molecule has 1 aromatic rings. The van der Waals surface area contributed by atoms with Crippen molar-refractivity contribution in [3.8, 4) is 5.75 Å². The molecule has 4 N–H and O–H groups in total. The van der Waals surface area contributed by atoms with Crippen molar-refractivity contribution in [2.45, 2.75) is 6.04 Å². The van der Waals surface area contributed by atoms with Crippen molar-refractivity contribution in [2.75, 3.05) is 13.7 Å². The van der Waals surface area contributed by atoms with E-state index in [1.54, 1.807) is 12.1 Å². The Balaban J connectivity index is 3.24. The maximum Gasteiger partial charge on any atom is 0.142 e. The summed E-state index contributed by atoms with van der Waals surface area (Å²) in [6, 6.07) is 3.00. The minimum Gasteiger partial charge on any atom is -0.495 e. The highest BCUT2D eigenvalue weighted by molar-refractivity contribution is 6.35. The van der Waals surface area contributed by atoms with Crippen LogP contribution in [0.15, 0.2) is 12.1 Å². The molecule has 0 aliphatic rings. The molecule has 14 heavy (non-hydrogen) atoms.